The molecule has 0 aromatic rings. The molecule has 1 saturated heterocycles. The molecule has 7 nitrogen and oxygen atoms in total. The van der Waals surface area contributed by atoms with Gasteiger partial charge >= 0.3 is 0 Å². The summed E-state index contributed by atoms with van der Waals surface area (Å²) in [5.74, 6) is -1.63. The van der Waals surface area contributed by atoms with E-state index < -0.39 is 30.4 Å². The molecular weight excluding hydrogens is 293 g/mol. The van der Waals surface area contributed by atoms with Gasteiger partial charge in [0.15, 0.2) is 5.78 Å². The van der Waals surface area contributed by atoms with Crippen LogP contribution in [0.5, 0.6) is 0 Å². The van der Waals surface area contributed by atoms with Crippen molar-refractivity contribution in [3.63, 3.8) is 0 Å². The van der Waals surface area contributed by atoms with Gasteiger partial charge in [-0.25, -0.2) is 4.39 Å². The van der Waals surface area contributed by atoms with Crippen LogP contribution < -0.4 is 10.6 Å². The van der Waals surface area contributed by atoms with Crippen molar-refractivity contribution in [3.8, 4) is 0 Å². The number of nitrogens with one attached hydrogen (secondary N) is 2. The maximum Gasteiger partial charge on any atom is 0.246 e. The molecule has 0 radical (unpaired) electrons. The highest BCUT2D eigenvalue weighted by atomic mass is 19.1. The Hall–Kier alpha value is -1.99. The lowest BCUT2D eigenvalue weighted by molar-refractivity contribution is -0.141. The van der Waals surface area contributed by atoms with Gasteiger partial charge in [0.2, 0.25) is 18.2 Å². The molecule has 1 aliphatic heterocycles. The molecule has 2 atom stereocenters. The molecule has 0 aromatic carbocycles. The molecule has 0 saturated carbocycles. The van der Waals surface area contributed by atoms with E-state index in [-0.39, 0.29) is 18.4 Å². The number of alkyl halides is 1. The fourth-order valence-corrected chi connectivity index (χ4v) is 2.45. The number of amides is 3. The maximum atomic E-state index is 12.5. The minimum Gasteiger partial charge on any atom is -0.347 e. The molecule has 124 valence electrons. The van der Waals surface area contributed by atoms with Crippen LogP contribution in [0.3, 0.4) is 0 Å². The van der Waals surface area contributed by atoms with Gasteiger partial charge in [0, 0.05) is 6.54 Å². The third-order valence-electron chi connectivity index (χ3n) is 3.63. The third kappa shape index (κ3) is 4.51. The number of halogens is 1. The standard InChI is InChI=1S/C14H22FN3O4/c1-9(2)12(17-8-19)14(22)18-5-3-4-11(18)13(21)16-7-10(20)6-15/h8-9,11-12H,3-7H2,1-2H3,(H,16,21)(H,17,19)/t11?,12-/m0/s1. The number of Topliss-reactive ketones (excluding diaryl/α,β-unsaturated/α-hetero) is 1. The summed E-state index contributed by atoms with van der Waals surface area (Å²) in [5.41, 5.74) is 0. The molecule has 1 rings (SSSR count). The van der Waals surface area contributed by atoms with Crippen LogP contribution in [-0.2, 0) is 19.2 Å². The number of ketones is 1. The van der Waals surface area contributed by atoms with Gasteiger partial charge in [-0.05, 0) is 18.8 Å². The van der Waals surface area contributed by atoms with Crippen LogP contribution in [0.4, 0.5) is 4.39 Å². The smallest absolute Gasteiger partial charge is 0.246 e. The van der Waals surface area contributed by atoms with Gasteiger partial charge < -0.3 is 15.5 Å². The Morgan fingerprint density at radius 2 is 2.05 bits per heavy atom. The average Bonchev–Trinajstić information content (AvgIpc) is 2.98. The van der Waals surface area contributed by atoms with E-state index in [0.717, 1.165) is 0 Å². The first-order valence-electron chi connectivity index (χ1n) is 7.28. The van der Waals surface area contributed by atoms with Crippen molar-refractivity contribution in [3.05, 3.63) is 0 Å². The van der Waals surface area contributed by atoms with Gasteiger partial charge in [0.1, 0.15) is 18.8 Å². The predicted octanol–water partition coefficient (Wildman–Crippen LogP) is -0.597. The van der Waals surface area contributed by atoms with Gasteiger partial charge in [-0.1, -0.05) is 13.8 Å². The Balaban J connectivity index is 2.72. The lowest BCUT2D eigenvalue weighted by Gasteiger charge is -2.29. The van der Waals surface area contributed by atoms with Crippen molar-refractivity contribution in [1.82, 2.24) is 15.5 Å². The summed E-state index contributed by atoms with van der Waals surface area (Å²) in [6.45, 7) is 2.49. The summed E-state index contributed by atoms with van der Waals surface area (Å²) >= 11 is 0. The fraction of sp³-hybridized carbons (Fsp3) is 0.714. The number of hydrogen-bond acceptors (Lipinski definition) is 4. The van der Waals surface area contributed by atoms with Gasteiger partial charge in [0.25, 0.3) is 0 Å². The molecule has 3 amide bonds. The number of nitrogens with zero attached hydrogens (tertiary/aromatic N) is 1. The Morgan fingerprint density at radius 3 is 2.59 bits per heavy atom. The molecule has 0 spiro atoms. The zero-order valence-corrected chi connectivity index (χ0v) is 12.8. The van der Waals surface area contributed by atoms with E-state index in [1.54, 1.807) is 13.8 Å². The number of carbonyl (C=O) groups excluding carboxylic acids is 4. The maximum absolute atomic E-state index is 12.5. The van der Waals surface area contributed by atoms with Crippen LogP contribution in [0.2, 0.25) is 0 Å². The highest BCUT2D eigenvalue weighted by molar-refractivity contribution is 5.93. The van der Waals surface area contributed by atoms with Crippen LogP contribution in [0.1, 0.15) is 26.7 Å². The van der Waals surface area contributed by atoms with Gasteiger partial charge in [-0.3, -0.25) is 19.2 Å². The lowest BCUT2D eigenvalue weighted by Crippen LogP contribution is -2.54. The predicted molar refractivity (Wildman–Crippen MR) is 76.6 cm³/mol. The summed E-state index contributed by atoms with van der Waals surface area (Å²) in [4.78, 5) is 47.5. The molecule has 1 fully saturated rings. The zero-order valence-electron chi connectivity index (χ0n) is 12.8. The van der Waals surface area contributed by atoms with Crippen LogP contribution >= 0.6 is 0 Å². The van der Waals surface area contributed by atoms with Crippen molar-refractivity contribution in [2.45, 2.75) is 38.8 Å². The molecular formula is C14H22FN3O4. The molecule has 0 bridgehead atoms. The van der Waals surface area contributed by atoms with Crippen LogP contribution in [-0.4, -0.2) is 60.8 Å². The average molecular weight is 315 g/mol. The molecule has 22 heavy (non-hydrogen) atoms. The van der Waals surface area contributed by atoms with Gasteiger partial charge in [-0.2, -0.15) is 0 Å². The summed E-state index contributed by atoms with van der Waals surface area (Å²) in [6.07, 6.45) is 1.60. The third-order valence-corrected chi connectivity index (χ3v) is 3.63. The van der Waals surface area contributed by atoms with E-state index in [0.29, 0.717) is 25.8 Å². The second-order valence-corrected chi connectivity index (χ2v) is 5.59. The zero-order chi connectivity index (χ0) is 16.7. The van der Waals surface area contributed by atoms with Crippen molar-refractivity contribution in [2.24, 2.45) is 5.92 Å². The van der Waals surface area contributed by atoms with Gasteiger partial charge in [0.05, 0.1) is 6.54 Å². The van der Waals surface area contributed by atoms with E-state index in [4.69, 9.17) is 0 Å². The Morgan fingerprint density at radius 1 is 1.36 bits per heavy atom. The lowest BCUT2D eigenvalue weighted by atomic mass is 10.0. The minimum absolute atomic E-state index is 0.116. The molecule has 2 N–H and O–H groups in total. The van der Waals surface area contributed by atoms with Crippen molar-refractivity contribution in [2.75, 3.05) is 19.8 Å². The first kappa shape index (κ1) is 18.1. The van der Waals surface area contributed by atoms with Crippen LogP contribution in [0.15, 0.2) is 0 Å². The second kappa shape index (κ2) is 8.45. The normalized spacial score (nSPS) is 18.9. The van der Waals surface area contributed by atoms with E-state index in [1.165, 1.54) is 4.90 Å². The highest BCUT2D eigenvalue weighted by Crippen LogP contribution is 2.20. The summed E-state index contributed by atoms with van der Waals surface area (Å²) in [7, 11) is 0. The molecule has 8 heteroatoms. The molecule has 0 aliphatic carbocycles. The Labute approximate surface area is 128 Å². The molecule has 1 heterocycles. The van der Waals surface area contributed by atoms with Crippen LogP contribution in [0.25, 0.3) is 0 Å². The van der Waals surface area contributed by atoms with Crippen molar-refractivity contribution in [1.29, 1.82) is 0 Å². The largest absolute Gasteiger partial charge is 0.347 e. The molecule has 1 aliphatic rings. The molecule has 1 unspecified atom stereocenters. The first-order chi connectivity index (χ1) is 10.4. The van der Waals surface area contributed by atoms with E-state index in [1.807, 2.05) is 0 Å². The monoisotopic (exact) mass is 315 g/mol. The number of likely N-dealkylation sites (tertiary alicyclic amines) is 1. The molecule has 0 aromatic heterocycles. The first-order valence-corrected chi connectivity index (χ1v) is 7.28. The Bertz CT molecular complexity index is 442. The number of rotatable bonds is 8. The summed E-state index contributed by atoms with van der Waals surface area (Å²) in [6, 6.07) is -1.38. The number of carbonyl (C=O) groups is 4. The SMILES string of the molecule is CC(C)[C@H](NC=O)C(=O)N1CCCC1C(=O)NCC(=O)CF. The minimum atomic E-state index is -1.13. The highest BCUT2D eigenvalue weighted by Gasteiger charge is 2.37. The topological polar surface area (TPSA) is 95.6 Å². The van der Waals surface area contributed by atoms with E-state index >= 15 is 0 Å². The number of hydrogen-bond donors (Lipinski definition) is 2. The quantitative estimate of drug-likeness (QED) is 0.585. The van der Waals surface area contributed by atoms with Gasteiger partial charge in [-0.15, -0.1) is 0 Å². The fourth-order valence-electron chi connectivity index (χ4n) is 2.45. The van der Waals surface area contributed by atoms with E-state index in [2.05, 4.69) is 10.6 Å². The summed E-state index contributed by atoms with van der Waals surface area (Å²) in [5, 5.41) is 4.82. The second-order valence-electron chi connectivity index (χ2n) is 5.59. The van der Waals surface area contributed by atoms with Crippen molar-refractivity contribution < 1.29 is 23.6 Å². The summed E-state index contributed by atoms with van der Waals surface area (Å²) < 4.78 is 12.1. The van der Waals surface area contributed by atoms with Crippen molar-refractivity contribution >= 4 is 24.0 Å². The Kier molecular flexibility index (Phi) is 6.94. The van der Waals surface area contributed by atoms with E-state index in [9.17, 15) is 23.6 Å². The van der Waals surface area contributed by atoms with Crippen LogP contribution in [0, 0.1) is 5.92 Å².